The predicted octanol–water partition coefficient (Wildman–Crippen LogP) is 1.52. The fourth-order valence-electron chi connectivity index (χ4n) is 3.36. The quantitative estimate of drug-likeness (QED) is 0.452. The standard InChI is InChI=1S/C20H22N2O6/c1-12(18(24)21-13-7-9-14(27-2)10-8-13)28-17(23)11-22-19(25)15-5-3-4-6-16(15)20(22)26/h3-4,7-10,12,15-16H,5-6,11H2,1-2H3,(H,21,24)/t12-,15-,16+/m1/s1. The molecule has 2 aliphatic rings. The molecule has 1 aliphatic heterocycles. The topological polar surface area (TPSA) is 102 Å². The summed E-state index contributed by atoms with van der Waals surface area (Å²) in [7, 11) is 1.54. The van der Waals surface area contributed by atoms with E-state index in [0.717, 1.165) is 4.90 Å². The largest absolute Gasteiger partial charge is 0.497 e. The second-order valence-electron chi connectivity index (χ2n) is 6.77. The minimum absolute atomic E-state index is 0.355. The number of ether oxygens (including phenoxy) is 2. The Balaban J connectivity index is 1.53. The molecule has 1 saturated heterocycles. The summed E-state index contributed by atoms with van der Waals surface area (Å²) in [6.07, 6.45) is 3.67. The van der Waals surface area contributed by atoms with E-state index in [9.17, 15) is 19.2 Å². The number of hydrogen-bond donors (Lipinski definition) is 1. The van der Waals surface area contributed by atoms with Crippen LogP contribution in [-0.2, 0) is 23.9 Å². The third-order valence-corrected chi connectivity index (χ3v) is 4.92. The summed E-state index contributed by atoms with van der Waals surface area (Å²) >= 11 is 0. The van der Waals surface area contributed by atoms with Gasteiger partial charge in [-0.15, -0.1) is 0 Å². The lowest BCUT2D eigenvalue weighted by atomic mass is 9.85. The van der Waals surface area contributed by atoms with E-state index < -0.39 is 36.4 Å². The van der Waals surface area contributed by atoms with E-state index in [0.29, 0.717) is 24.3 Å². The van der Waals surface area contributed by atoms with Gasteiger partial charge in [-0.05, 0) is 44.0 Å². The Bertz CT molecular complexity index is 790. The van der Waals surface area contributed by atoms with Gasteiger partial charge in [-0.1, -0.05) is 12.2 Å². The highest BCUT2D eigenvalue weighted by atomic mass is 16.5. The molecule has 0 radical (unpaired) electrons. The highest BCUT2D eigenvalue weighted by molar-refractivity contribution is 6.07. The van der Waals surface area contributed by atoms with Crippen LogP contribution < -0.4 is 10.1 Å². The average molecular weight is 386 g/mol. The van der Waals surface area contributed by atoms with Gasteiger partial charge in [0.2, 0.25) is 11.8 Å². The van der Waals surface area contributed by atoms with E-state index in [1.54, 1.807) is 24.3 Å². The van der Waals surface area contributed by atoms with Gasteiger partial charge in [0.05, 0.1) is 18.9 Å². The smallest absolute Gasteiger partial charge is 0.326 e. The summed E-state index contributed by atoms with van der Waals surface area (Å²) in [5, 5.41) is 2.62. The molecule has 1 N–H and O–H groups in total. The number of imide groups is 1. The van der Waals surface area contributed by atoms with E-state index in [-0.39, 0.29) is 11.8 Å². The molecule has 3 atom stereocenters. The van der Waals surface area contributed by atoms with Crippen molar-refractivity contribution in [3.63, 3.8) is 0 Å². The van der Waals surface area contributed by atoms with Crippen molar-refractivity contribution in [2.75, 3.05) is 19.0 Å². The summed E-state index contributed by atoms with van der Waals surface area (Å²) in [5.41, 5.74) is 0.523. The molecule has 8 nitrogen and oxygen atoms in total. The summed E-state index contributed by atoms with van der Waals surface area (Å²) in [4.78, 5) is 50.1. The highest BCUT2D eigenvalue weighted by Gasteiger charge is 2.47. The van der Waals surface area contributed by atoms with Crippen LogP contribution in [0.5, 0.6) is 5.75 Å². The molecule has 1 fully saturated rings. The van der Waals surface area contributed by atoms with Crippen LogP contribution in [0, 0.1) is 11.8 Å². The normalized spacial score (nSPS) is 21.9. The number of benzene rings is 1. The summed E-state index contributed by atoms with van der Waals surface area (Å²) < 4.78 is 10.1. The second kappa shape index (κ2) is 8.24. The Labute approximate surface area is 162 Å². The molecule has 0 spiro atoms. The van der Waals surface area contributed by atoms with Crippen LogP contribution in [0.3, 0.4) is 0 Å². The van der Waals surface area contributed by atoms with E-state index in [4.69, 9.17) is 9.47 Å². The van der Waals surface area contributed by atoms with Crippen molar-refractivity contribution in [1.29, 1.82) is 0 Å². The molecule has 3 amide bonds. The van der Waals surface area contributed by atoms with Gasteiger partial charge >= 0.3 is 5.97 Å². The number of likely N-dealkylation sites (tertiary alicyclic amines) is 1. The van der Waals surface area contributed by atoms with Crippen molar-refractivity contribution >= 4 is 29.4 Å². The molecule has 0 saturated carbocycles. The van der Waals surface area contributed by atoms with Crippen LogP contribution in [-0.4, -0.2) is 48.3 Å². The summed E-state index contributed by atoms with van der Waals surface area (Å²) in [5.74, 6) is -2.19. The van der Waals surface area contributed by atoms with Gasteiger partial charge in [0.25, 0.3) is 5.91 Å². The van der Waals surface area contributed by atoms with Gasteiger partial charge in [0.15, 0.2) is 6.10 Å². The molecular formula is C20H22N2O6. The Morgan fingerprint density at radius 3 is 2.21 bits per heavy atom. The molecule has 1 aromatic carbocycles. The Morgan fingerprint density at radius 1 is 1.11 bits per heavy atom. The zero-order valence-corrected chi connectivity index (χ0v) is 15.7. The molecule has 28 heavy (non-hydrogen) atoms. The number of fused-ring (bicyclic) bond motifs is 1. The molecule has 0 bridgehead atoms. The molecule has 148 valence electrons. The summed E-state index contributed by atoms with van der Waals surface area (Å²) in [6.45, 7) is 0.943. The number of nitrogens with one attached hydrogen (secondary N) is 1. The fourth-order valence-corrected chi connectivity index (χ4v) is 3.36. The zero-order chi connectivity index (χ0) is 20.3. The molecule has 1 heterocycles. The van der Waals surface area contributed by atoms with Crippen molar-refractivity contribution in [2.45, 2.75) is 25.9 Å². The molecule has 8 heteroatoms. The number of carbonyl (C=O) groups is 4. The lowest BCUT2D eigenvalue weighted by Crippen LogP contribution is -2.39. The third kappa shape index (κ3) is 4.05. The second-order valence-corrected chi connectivity index (χ2v) is 6.77. The Hall–Kier alpha value is -3.16. The fraction of sp³-hybridized carbons (Fsp3) is 0.400. The van der Waals surface area contributed by atoms with Gasteiger partial charge in [-0.25, -0.2) is 0 Å². The molecule has 1 aromatic rings. The van der Waals surface area contributed by atoms with Crippen molar-refractivity contribution in [3.05, 3.63) is 36.4 Å². The van der Waals surface area contributed by atoms with Gasteiger partial charge < -0.3 is 14.8 Å². The first-order valence-corrected chi connectivity index (χ1v) is 9.05. The number of amides is 3. The molecule has 0 aromatic heterocycles. The third-order valence-electron chi connectivity index (χ3n) is 4.92. The molecule has 3 rings (SSSR count). The van der Waals surface area contributed by atoms with Gasteiger partial charge in [-0.3, -0.25) is 24.1 Å². The maximum Gasteiger partial charge on any atom is 0.326 e. The lowest BCUT2D eigenvalue weighted by molar-refractivity contribution is -0.158. The number of esters is 1. The van der Waals surface area contributed by atoms with Crippen molar-refractivity contribution in [1.82, 2.24) is 4.90 Å². The van der Waals surface area contributed by atoms with E-state index in [1.165, 1.54) is 14.0 Å². The maximum absolute atomic E-state index is 12.4. The van der Waals surface area contributed by atoms with Crippen LogP contribution in [0.4, 0.5) is 5.69 Å². The number of carbonyl (C=O) groups excluding carboxylic acids is 4. The summed E-state index contributed by atoms with van der Waals surface area (Å²) in [6, 6.07) is 6.68. The van der Waals surface area contributed by atoms with E-state index in [1.807, 2.05) is 12.2 Å². The van der Waals surface area contributed by atoms with Crippen LogP contribution >= 0.6 is 0 Å². The number of rotatable bonds is 6. The minimum atomic E-state index is -1.08. The average Bonchev–Trinajstić information content (AvgIpc) is 2.93. The molecular weight excluding hydrogens is 364 g/mol. The van der Waals surface area contributed by atoms with Crippen LogP contribution in [0.2, 0.25) is 0 Å². The van der Waals surface area contributed by atoms with Crippen molar-refractivity contribution in [2.24, 2.45) is 11.8 Å². The Morgan fingerprint density at radius 2 is 1.68 bits per heavy atom. The zero-order valence-electron chi connectivity index (χ0n) is 15.7. The highest BCUT2D eigenvalue weighted by Crippen LogP contribution is 2.34. The number of hydrogen-bond acceptors (Lipinski definition) is 6. The van der Waals surface area contributed by atoms with Crippen molar-refractivity contribution in [3.8, 4) is 5.75 Å². The van der Waals surface area contributed by atoms with Gasteiger partial charge in [0, 0.05) is 5.69 Å². The molecule has 1 aliphatic carbocycles. The Kier molecular flexibility index (Phi) is 5.77. The first kappa shape index (κ1) is 19.6. The lowest BCUT2D eigenvalue weighted by Gasteiger charge is -2.17. The first-order valence-electron chi connectivity index (χ1n) is 9.05. The minimum Gasteiger partial charge on any atom is -0.497 e. The predicted molar refractivity (Wildman–Crippen MR) is 99.3 cm³/mol. The van der Waals surface area contributed by atoms with Crippen LogP contribution in [0.25, 0.3) is 0 Å². The van der Waals surface area contributed by atoms with Crippen LogP contribution in [0.1, 0.15) is 19.8 Å². The van der Waals surface area contributed by atoms with Crippen LogP contribution in [0.15, 0.2) is 36.4 Å². The molecule has 0 unspecified atom stereocenters. The van der Waals surface area contributed by atoms with Gasteiger partial charge in [-0.2, -0.15) is 0 Å². The first-order chi connectivity index (χ1) is 13.4. The number of anilines is 1. The van der Waals surface area contributed by atoms with Crippen molar-refractivity contribution < 1.29 is 28.7 Å². The van der Waals surface area contributed by atoms with E-state index >= 15 is 0 Å². The van der Waals surface area contributed by atoms with E-state index in [2.05, 4.69) is 5.32 Å². The SMILES string of the molecule is COc1ccc(NC(=O)[C@@H](C)OC(=O)CN2C(=O)[C@H]3CC=CC[C@H]3C2=O)cc1. The number of methoxy groups -OCH3 is 1. The number of nitrogens with zero attached hydrogens (tertiary/aromatic N) is 1. The maximum atomic E-state index is 12.4. The van der Waals surface area contributed by atoms with Gasteiger partial charge in [0.1, 0.15) is 12.3 Å². The monoisotopic (exact) mass is 386 g/mol. The number of allylic oxidation sites excluding steroid dienone is 2.